The van der Waals surface area contributed by atoms with Gasteiger partial charge in [-0.15, -0.1) is 11.3 Å². The highest BCUT2D eigenvalue weighted by molar-refractivity contribution is 8.03. The Balaban J connectivity index is 1.52. The van der Waals surface area contributed by atoms with Crippen LogP contribution in [-0.2, 0) is 19.2 Å². The van der Waals surface area contributed by atoms with Crippen LogP contribution in [0.15, 0.2) is 44.8 Å². The number of carboxylic acids is 1. The number of nitrogens with zero attached hydrogens (tertiary/aromatic N) is 5. The van der Waals surface area contributed by atoms with Gasteiger partial charge in [0.25, 0.3) is 11.8 Å². The minimum absolute atomic E-state index is 0.110. The lowest BCUT2D eigenvalue weighted by molar-refractivity contribution is -0.155. The lowest BCUT2D eigenvalue weighted by atomic mass is 9.86. The van der Waals surface area contributed by atoms with Crippen molar-refractivity contribution in [2.24, 2.45) is 5.16 Å². The fourth-order valence-corrected chi connectivity index (χ4v) is 5.03. The molecule has 4 heterocycles. The number of allylic oxidation sites excluding steroid dienone is 1. The SMILES string of the molecule is Nc1nc(/C(=N\OCCF)C(=O)N[C@@H]2C(=O)N3C(C(=O)O)=C(Sc4ncccn4)CC[C@H]23)cs1. The van der Waals surface area contributed by atoms with Gasteiger partial charge in [0, 0.05) is 22.7 Å². The fraction of sp³-hybridized carbons (Fsp3) is 0.316. The van der Waals surface area contributed by atoms with Crippen molar-refractivity contribution in [2.75, 3.05) is 19.0 Å². The maximum Gasteiger partial charge on any atom is 0.353 e. The first-order valence-corrected chi connectivity index (χ1v) is 11.6. The Kier molecular flexibility index (Phi) is 7.02. The Hall–Kier alpha value is -3.59. The smallest absolute Gasteiger partial charge is 0.353 e. The van der Waals surface area contributed by atoms with Gasteiger partial charge in [-0.25, -0.2) is 24.1 Å². The number of fused-ring (bicyclic) bond motifs is 1. The summed E-state index contributed by atoms with van der Waals surface area (Å²) < 4.78 is 12.4. The van der Waals surface area contributed by atoms with E-state index in [1.54, 1.807) is 6.07 Å². The van der Waals surface area contributed by atoms with Gasteiger partial charge in [0.05, 0.1) is 6.04 Å². The Bertz CT molecular complexity index is 1170. The van der Waals surface area contributed by atoms with E-state index in [9.17, 15) is 23.9 Å². The summed E-state index contributed by atoms with van der Waals surface area (Å²) in [6, 6.07) is 0.112. The number of nitrogens with two attached hydrogens (primary N) is 1. The number of β-lactam (4-membered cyclic amide) rings is 1. The second-order valence-electron chi connectivity index (χ2n) is 7.01. The molecule has 0 unspecified atom stereocenters. The first-order valence-electron chi connectivity index (χ1n) is 9.93. The van der Waals surface area contributed by atoms with Crippen molar-refractivity contribution in [1.82, 2.24) is 25.2 Å². The van der Waals surface area contributed by atoms with E-state index in [0.29, 0.717) is 22.9 Å². The summed E-state index contributed by atoms with van der Waals surface area (Å²) in [5.41, 5.74) is 5.30. The van der Waals surface area contributed by atoms with Crippen molar-refractivity contribution < 1.29 is 28.7 Å². The van der Waals surface area contributed by atoms with Gasteiger partial charge in [0.2, 0.25) is 0 Å². The number of rotatable bonds is 9. The molecular weight excluding hydrogens is 489 g/mol. The predicted molar refractivity (Wildman–Crippen MR) is 119 cm³/mol. The Labute approximate surface area is 200 Å². The summed E-state index contributed by atoms with van der Waals surface area (Å²) in [6.45, 7) is -1.18. The number of nitrogens with one attached hydrogen (secondary N) is 1. The molecule has 0 bridgehead atoms. The molecule has 12 nitrogen and oxygen atoms in total. The largest absolute Gasteiger partial charge is 0.477 e. The monoisotopic (exact) mass is 507 g/mol. The molecule has 2 atom stereocenters. The topological polar surface area (TPSA) is 173 Å². The van der Waals surface area contributed by atoms with E-state index in [2.05, 4.69) is 25.4 Å². The quantitative estimate of drug-likeness (QED) is 0.145. The zero-order valence-corrected chi connectivity index (χ0v) is 19.0. The molecule has 1 saturated heterocycles. The van der Waals surface area contributed by atoms with Crippen LogP contribution in [-0.4, -0.2) is 73.8 Å². The molecular formula is C19H18FN7O5S2. The van der Waals surface area contributed by atoms with Crippen LogP contribution in [0.25, 0.3) is 0 Å². The van der Waals surface area contributed by atoms with E-state index in [4.69, 9.17) is 10.6 Å². The average Bonchev–Trinajstić information content (AvgIpc) is 3.26. The van der Waals surface area contributed by atoms with Gasteiger partial charge in [-0.3, -0.25) is 14.5 Å². The van der Waals surface area contributed by atoms with Gasteiger partial charge in [-0.2, -0.15) is 0 Å². The molecule has 0 radical (unpaired) electrons. The summed E-state index contributed by atoms with van der Waals surface area (Å²) in [6.07, 6.45) is 3.84. The highest BCUT2D eigenvalue weighted by atomic mass is 32.2. The summed E-state index contributed by atoms with van der Waals surface area (Å²) in [5, 5.41) is 18.0. The van der Waals surface area contributed by atoms with Gasteiger partial charge in [-0.05, 0) is 18.9 Å². The number of thioether (sulfide) groups is 1. The number of alkyl halides is 1. The zero-order valence-electron chi connectivity index (χ0n) is 17.4. The minimum Gasteiger partial charge on any atom is -0.477 e. The van der Waals surface area contributed by atoms with E-state index in [-0.39, 0.29) is 28.8 Å². The number of thiazole rings is 1. The normalized spacial score (nSPS) is 20.0. The summed E-state index contributed by atoms with van der Waals surface area (Å²) >= 11 is 2.15. The van der Waals surface area contributed by atoms with Gasteiger partial charge in [0.1, 0.15) is 30.7 Å². The molecule has 2 aliphatic heterocycles. The predicted octanol–water partition coefficient (Wildman–Crippen LogP) is 0.783. The van der Waals surface area contributed by atoms with E-state index in [0.717, 1.165) is 23.1 Å². The fourth-order valence-electron chi connectivity index (χ4n) is 3.53. The van der Waals surface area contributed by atoms with Crippen LogP contribution >= 0.6 is 23.1 Å². The maximum atomic E-state index is 12.9. The van der Waals surface area contributed by atoms with Crippen LogP contribution in [0.4, 0.5) is 9.52 Å². The van der Waals surface area contributed by atoms with Gasteiger partial charge in [0.15, 0.2) is 16.0 Å². The highest BCUT2D eigenvalue weighted by Gasteiger charge is 2.54. The van der Waals surface area contributed by atoms with Crippen LogP contribution in [0.5, 0.6) is 0 Å². The number of carboxylic acid groups (broad SMARTS) is 1. The maximum absolute atomic E-state index is 12.9. The molecule has 2 amide bonds. The molecule has 15 heteroatoms. The van der Waals surface area contributed by atoms with Crippen LogP contribution in [0.1, 0.15) is 18.5 Å². The molecule has 2 aliphatic rings. The minimum atomic E-state index is -1.26. The van der Waals surface area contributed by atoms with Crippen LogP contribution in [0.2, 0.25) is 0 Å². The van der Waals surface area contributed by atoms with Crippen LogP contribution in [0.3, 0.4) is 0 Å². The van der Waals surface area contributed by atoms with Crippen molar-refractivity contribution in [2.45, 2.75) is 30.1 Å². The van der Waals surface area contributed by atoms with Crippen molar-refractivity contribution >= 4 is 51.7 Å². The van der Waals surface area contributed by atoms with Gasteiger partial charge < -0.3 is 21.0 Å². The highest BCUT2D eigenvalue weighted by Crippen LogP contribution is 2.42. The number of oxime groups is 1. The van der Waals surface area contributed by atoms with Crippen LogP contribution < -0.4 is 11.1 Å². The Morgan fingerprint density at radius 1 is 1.41 bits per heavy atom. The molecule has 178 valence electrons. The van der Waals surface area contributed by atoms with E-state index >= 15 is 0 Å². The number of aliphatic carboxylic acids is 1. The van der Waals surface area contributed by atoms with E-state index in [1.807, 2.05) is 0 Å². The third-order valence-electron chi connectivity index (χ3n) is 4.94. The van der Waals surface area contributed by atoms with Crippen molar-refractivity contribution in [1.29, 1.82) is 0 Å². The van der Waals surface area contributed by atoms with Gasteiger partial charge >= 0.3 is 5.97 Å². The number of hydrogen-bond donors (Lipinski definition) is 3. The number of halogens is 1. The Morgan fingerprint density at radius 2 is 2.18 bits per heavy atom. The number of hydrogen-bond acceptors (Lipinski definition) is 11. The van der Waals surface area contributed by atoms with Crippen molar-refractivity contribution in [3.63, 3.8) is 0 Å². The molecule has 34 heavy (non-hydrogen) atoms. The number of anilines is 1. The summed E-state index contributed by atoms with van der Waals surface area (Å²) in [7, 11) is 0. The Morgan fingerprint density at radius 3 is 2.82 bits per heavy atom. The average molecular weight is 508 g/mol. The summed E-state index contributed by atoms with van der Waals surface area (Å²) in [5.74, 6) is -2.62. The number of nitrogen functional groups attached to an aromatic ring is 1. The standard InChI is InChI=1S/C19H18FN7O5S2/c20-4-7-32-26-12(9-8-33-18(21)24-9)15(28)25-13-10-2-3-11(34-19-22-5-1-6-23-19)14(17(30)31)27(10)16(13)29/h1,5-6,8,10,13H,2-4,7H2,(H2,21,24)(H,25,28)(H,30,31)/b26-12+/t10-,13+/m1/s1. The molecule has 0 aliphatic carbocycles. The van der Waals surface area contributed by atoms with Crippen molar-refractivity contribution in [3.05, 3.63) is 40.1 Å². The second kappa shape index (κ2) is 10.1. The molecule has 2 aromatic heterocycles. The molecule has 0 saturated carbocycles. The lowest BCUT2D eigenvalue weighted by Crippen LogP contribution is -2.72. The van der Waals surface area contributed by atoms with Crippen molar-refractivity contribution in [3.8, 4) is 0 Å². The molecule has 0 aromatic carbocycles. The molecule has 4 rings (SSSR count). The lowest BCUT2D eigenvalue weighted by Gasteiger charge is -2.49. The molecule has 4 N–H and O–H groups in total. The number of carbonyl (C=O) groups is 3. The molecule has 1 fully saturated rings. The zero-order chi connectivity index (χ0) is 24.2. The third-order valence-corrected chi connectivity index (χ3v) is 6.65. The summed E-state index contributed by atoms with van der Waals surface area (Å²) in [4.78, 5) is 56.3. The second-order valence-corrected chi connectivity index (χ2v) is 8.96. The first kappa shape index (κ1) is 23.6. The molecule has 0 spiro atoms. The third kappa shape index (κ3) is 4.70. The number of aromatic nitrogens is 3. The van der Waals surface area contributed by atoms with E-state index in [1.165, 1.54) is 22.7 Å². The first-order chi connectivity index (χ1) is 16.4. The number of amides is 2. The number of carbonyl (C=O) groups excluding carboxylic acids is 2. The van der Waals surface area contributed by atoms with Gasteiger partial charge in [-0.1, -0.05) is 16.9 Å². The van der Waals surface area contributed by atoms with Crippen LogP contribution in [0, 0.1) is 0 Å². The van der Waals surface area contributed by atoms with E-state index < -0.39 is 36.5 Å². The molecule has 2 aromatic rings.